The average molecular weight is 374 g/mol. The highest BCUT2D eigenvalue weighted by molar-refractivity contribution is 5.77. The molecule has 0 atom stereocenters. The van der Waals surface area contributed by atoms with Gasteiger partial charge in [-0.2, -0.15) is 0 Å². The predicted molar refractivity (Wildman–Crippen MR) is 103 cm³/mol. The van der Waals surface area contributed by atoms with Crippen LogP contribution in [-0.2, 0) is 19.0 Å². The lowest BCUT2D eigenvalue weighted by atomic mass is 10.1. The second-order valence-corrected chi connectivity index (χ2v) is 6.96. The van der Waals surface area contributed by atoms with Crippen molar-refractivity contribution in [1.29, 1.82) is 0 Å². The number of rotatable bonds is 15. The highest BCUT2D eigenvalue weighted by Gasteiger charge is 2.17. The molecule has 0 spiro atoms. The number of piperidine rings is 1. The van der Waals surface area contributed by atoms with Crippen molar-refractivity contribution in [3.63, 3.8) is 0 Å². The van der Waals surface area contributed by atoms with E-state index in [-0.39, 0.29) is 11.8 Å². The molecular weight excluding hydrogens is 334 g/mol. The fourth-order valence-electron chi connectivity index (χ4n) is 2.84. The summed E-state index contributed by atoms with van der Waals surface area (Å²) in [7, 11) is 0. The van der Waals surface area contributed by atoms with Gasteiger partial charge in [0, 0.05) is 25.0 Å². The van der Waals surface area contributed by atoms with Crippen LogP contribution in [0.5, 0.6) is 0 Å². The number of hydrogen-bond donors (Lipinski definition) is 2. The van der Waals surface area contributed by atoms with Crippen LogP contribution in [0.1, 0.15) is 33.6 Å². The Kier molecular flexibility index (Phi) is 13.8. The molecule has 1 fully saturated rings. The third-order valence-corrected chi connectivity index (χ3v) is 4.45. The van der Waals surface area contributed by atoms with Gasteiger partial charge in [0.15, 0.2) is 0 Å². The Labute approximate surface area is 159 Å². The molecule has 1 amide bonds. The molecule has 7 nitrogen and oxygen atoms in total. The molecule has 2 N–H and O–H groups in total. The first kappa shape index (κ1) is 23.3. The van der Waals surface area contributed by atoms with Gasteiger partial charge in [-0.15, -0.1) is 0 Å². The minimum absolute atomic E-state index is 0.0169. The molecule has 1 aliphatic heterocycles. The van der Waals surface area contributed by atoms with Crippen LogP contribution in [-0.4, -0.2) is 89.2 Å². The highest BCUT2D eigenvalue weighted by atomic mass is 16.5. The van der Waals surface area contributed by atoms with Gasteiger partial charge in [0.1, 0.15) is 0 Å². The number of nitrogens with zero attached hydrogens (tertiary/aromatic N) is 1. The SMILES string of the molecule is CCNC1CCN(CCOCCOCCOCCNC(=O)C(C)C)CC1. The van der Waals surface area contributed by atoms with E-state index >= 15 is 0 Å². The van der Waals surface area contributed by atoms with E-state index in [2.05, 4.69) is 22.5 Å². The largest absolute Gasteiger partial charge is 0.378 e. The van der Waals surface area contributed by atoms with Crippen molar-refractivity contribution in [1.82, 2.24) is 15.5 Å². The van der Waals surface area contributed by atoms with Crippen LogP contribution in [0.3, 0.4) is 0 Å². The zero-order chi connectivity index (χ0) is 19.0. The molecule has 0 aromatic heterocycles. The molecule has 26 heavy (non-hydrogen) atoms. The van der Waals surface area contributed by atoms with Crippen LogP contribution in [0.2, 0.25) is 0 Å². The summed E-state index contributed by atoms with van der Waals surface area (Å²) in [5.74, 6) is 0.0761. The van der Waals surface area contributed by atoms with Crippen molar-refractivity contribution < 1.29 is 19.0 Å². The second kappa shape index (κ2) is 15.3. The molecule has 1 aliphatic rings. The standard InChI is InChI=1S/C19H39N3O4/c1-4-20-18-5-8-22(9-6-18)10-12-25-14-16-26-15-13-24-11-7-21-19(23)17(2)3/h17-18,20H,4-16H2,1-3H3,(H,21,23). The van der Waals surface area contributed by atoms with Crippen LogP contribution >= 0.6 is 0 Å². The zero-order valence-corrected chi connectivity index (χ0v) is 16.9. The maximum atomic E-state index is 11.3. The number of carbonyl (C=O) groups is 1. The van der Waals surface area contributed by atoms with Crippen LogP contribution < -0.4 is 10.6 Å². The summed E-state index contributed by atoms with van der Waals surface area (Å²) in [5, 5.41) is 6.33. The Bertz CT molecular complexity index is 348. The molecule has 0 aromatic rings. The minimum Gasteiger partial charge on any atom is -0.378 e. The molecule has 154 valence electrons. The van der Waals surface area contributed by atoms with Gasteiger partial charge in [-0.3, -0.25) is 4.79 Å². The van der Waals surface area contributed by atoms with Crippen molar-refractivity contribution in [3.05, 3.63) is 0 Å². The van der Waals surface area contributed by atoms with Gasteiger partial charge < -0.3 is 29.7 Å². The molecule has 0 aliphatic carbocycles. The number of nitrogens with one attached hydrogen (secondary N) is 2. The lowest BCUT2D eigenvalue weighted by molar-refractivity contribution is -0.124. The third-order valence-electron chi connectivity index (χ3n) is 4.45. The molecule has 0 radical (unpaired) electrons. The molecule has 0 aromatic carbocycles. The normalized spacial score (nSPS) is 16.3. The average Bonchev–Trinajstić information content (AvgIpc) is 2.64. The van der Waals surface area contributed by atoms with Gasteiger partial charge in [-0.25, -0.2) is 0 Å². The summed E-state index contributed by atoms with van der Waals surface area (Å²) < 4.78 is 16.5. The summed E-state index contributed by atoms with van der Waals surface area (Å²) in [6.07, 6.45) is 2.47. The molecule has 0 saturated carbocycles. The molecule has 1 heterocycles. The molecule has 1 rings (SSSR count). The summed E-state index contributed by atoms with van der Waals surface area (Å²) in [6.45, 7) is 14.4. The van der Waals surface area contributed by atoms with Crippen LogP contribution in [0.4, 0.5) is 0 Å². The molecule has 1 saturated heterocycles. The number of carbonyl (C=O) groups excluding carboxylic acids is 1. The number of amides is 1. The van der Waals surface area contributed by atoms with Gasteiger partial charge in [-0.05, 0) is 32.5 Å². The van der Waals surface area contributed by atoms with Gasteiger partial charge in [-0.1, -0.05) is 20.8 Å². The smallest absolute Gasteiger partial charge is 0.222 e. The molecular formula is C19H39N3O4. The Hall–Kier alpha value is -0.730. The van der Waals surface area contributed by atoms with E-state index in [1.807, 2.05) is 13.8 Å². The first-order chi connectivity index (χ1) is 12.6. The first-order valence-electron chi connectivity index (χ1n) is 10.1. The van der Waals surface area contributed by atoms with E-state index in [9.17, 15) is 4.79 Å². The fourth-order valence-corrected chi connectivity index (χ4v) is 2.84. The van der Waals surface area contributed by atoms with Gasteiger partial charge >= 0.3 is 0 Å². The van der Waals surface area contributed by atoms with Crippen molar-refractivity contribution in [3.8, 4) is 0 Å². The zero-order valence-electron chi connectivity index (χ0n) is 16.9. The maximum Gasteiger partial charge on any atom is 0.222 e. The second-order valence-electron chi connectivity index (χ2n) is 6.96. The van der Waals surface area contributed by atoms with Crippen molar-refractivity contribution in [2.75, 3.05) is 72.4 Å². The molecule has 0 unspecified atom stereocenters. The Morgan fingerprint density at radius 3 is 2.15 bits per heavy atom. The predicted octanol–water partition coefficient (Wildman–Crippen LogP) is 0.882. The van der Waals surface area contributed by atoms with E-state index in [1.54, 1.807) is 0 Å². The van der Waals surface area contributed by atoms with Crippen molar-refractivity contribution in [2.45, 2.75) is 39.7 Å². The number of ether oxygens (including phenoxy) is 3. The monoisotopic (exact) mass is 373 g/mol. The minimum atomic E-state index is 0.0169. The van der Waals surface area contributed by atoms with Crippen LogP contribution in [0.25, 0.3) is 0 Å². The molecule has 7 heteroatoms. The summed E-state index contributed by atoms with van der Waals surface area (Å²) in [4.78, 5) is 13.8. The maximum absolute atomic E-state index is 11.3. The first-order valence-corrected chi connectivity index (χ1v) is 10.1. The van der Waals surface area contributed by atoms with Gasteiger partial charge in [0.25, 0.3) is 0 Å². The lowest BCUT2D eigenvalue weighted by Gasteiger charge is -2.32. The summed E-state index contributed by atoms with van der Waals surface area (Å²) in [6, 6.07) is 0.694. The number of likely N-dealkylation sites (tertiary alicyclic amines) is 1. The van der Waals surface area contributed by atoms with Crippen molar-refractivity contribution >= 4 is 5.91 Å². The Morgan fingerprint density at radius 1 is 1.00 bits per heavy atom. The van der Waals surface area contributed by atoms with Crippen LogP contribution in [0.15, 0.2) is 0 Å². The quantitative estimate of drug-likeness (QED) is 0.415. The van der Waals surface area contributed by atoms with Crippen molar-refractivity contribution in [2.24, 2.45) is 5.92 Å². The lowest BCUT2D eigenvalue weighted by Crippen LogP contribution is -2.43. The highest BCUT2D eigenvalue weighted by Crippen LogP contribution is 2.09. The topological polar surface area (TPSA) is 72.1 Å². The van der Waals surface area contributed by atoms with Crippen LogP contribution in [0, 0.1) is 5.92 Å². The number of hydrogen-bond acceptors (Lipinski definition) is 6. The Morgan fingerprint density at radius 2 is 1.58 bits per heavy atom. The third kappa shape index (κ3) is 11.8. The fraction of sp³-hybridized carbons (Fsp3) is 0.947. The van der Waals surface area contributed by atoms with E-state index < -0.39 is 0 Å². The van der Waals surface area contributed by atoms with Gasteiger partial charge in [0.05, 0.1) is 39.6 Å². The van der Waals surface area contributed by atoms with Gasteiger partial charge in [0.2, 0.25) is 5.91 Å². The van der Waals surface area contributed by atoms with E-state index in [0.29, 0.717) is 45.6 Å². The Balaban J connectivity index is 1.78. The summed E-state index contributed by atoms with van der Waals surface area (Å²) in [5.41, 5.74) is 0. The van der Waals surface area contributed by atoms with E-state index in [4.69, 9.17) is 14.2 Å². The molecule has 0 bridgehead atoms. The summed E-state index contributed by atoms with van der Waals surface area (Å²) >= 11 is 0. The van der Waals surface area contributed by atoms with E-state index in [1.165, 1.54) is 12.8 Å². The van der Waals surface area contributed by atoms with E-state index in [0.717, 1.165) is 32.8 Å².